The van der Waals surface area contributed by atoms with Crippen LogP contribution in [0.1, 0.15) is 36.7 Å². The summed E-state index contributed by atoms with van der Waals surface area (Å²) in [5, 5.41) is 6.78. The van der Waals surface area contributed by atoms with Crippen molar-refractivity contribution in [1.29, 1.82) is 0 Å². The molecule has 31 heavy (non-hydrogen) atoms. The molecule has 1 saturated heterocycles. The van der Waals surface area contributed by atoms with Crippen LogP contribution in [0.4, 0.5) is 0 Å². The van der Waals surface area contributed by atoms with Crippen LogP contribution in [0.3, 0.4) is 0 Å². The number of amides is 1. The number of carbonyl (C=O) groups excluding carboxylic acids is 1. The molecule has 1 aliphatic rings. The molecule has 1 aromatic carbocycles. The Hall–Kier alpha value is -2.12. The minimum Gasteiger partial charge on any atom is -0.357 e. The zero-order valence-corrected chi connectivity index (χ0v) is 20.2. The minimum atomic E-state index is 0.0369. The summed E-state index contributed by atoms with van der Waals surface area (Å²) in [6.07, 6.45) is 0.843. The molecule has 1 aliphatic heterocycles. The van der Waals surface area contributed by atoms with Gasteiger partial charge in [-0.3, -0.25) is 9.79 Å². The highest BCUT2D eigenvalue weighted by Gasteiger charge is 2.17. The maximum Gasteiger partial charge on any atom is 0.253 e. The molecule has 7 heteroatoms. The van der Waals surface area contributed by atoms with Gasteiger partial charge in [-0.15, -0.1) is 0 Å². The van der Waals surface area contributed by atoms with E-state index in [1.165, 1.54) is 13.1 Å². The third-order valence-corrected chi connectivity index (χ3v) is 5.67. The Morgan fingerprint density at radius 1 is 1.13 bits per heavy atom. The number of piperazine rings is 1. The molecule has 7 nitrogen and oxygen atoms in total. The fourth-order valence-corrected chi connectivity index (χ4v) is 3.82. The van der Waals surface area contributed by atoms with Crippen LogP contribution in [0.25, 0.3) is 0 Å². The maximum atomic E-state index is 12.2. The van der Waals surface area contributed by atoms with Crippen molar-refractivity contribution in [3.05, 3.63) is 35.4 Å². The fraction of sp³-hybridized carbons (Fsp3) is 0.667. The lowest BCUT2D eigenvalue weighted by atomic mass is 10.1. The molecule has 1 fully saturated rings. The lowest BCUT2D eigenvalue weighted by Crippen LogP contribution is -2.47. The van der Waals surface area contributed by atoms with Crippen molar-refractivity contribution in [2.45, 2.75) is 27.2 Å². The van der Waals surface area contributed by atoms with E-state index in [9.17, 15) is 4.79 Å². The minimum absolute atomic E-state index is 0.0369. The van der Waals surface area contributed by atoms with Gasteiger partial charge in [-0.05, 0) is 43.5 Å². The molecule has 0 aliphatic carbocycles. The quantitative estimate of drug-likeness (QED) is 0.438. The number of aliphatic imine (C=N–C) groups is 1. The largest absolute Gasteiger partial charge is 0.357 e. The van der Waals surface area contributed by atoms with Crippen molar-refractivity contribution in [2.24, 2.45) is 10.9 Å². The van der Waals surface area contributed by atoms with E-state index in [1.54, 1.807) is 19.0 Å². The molecule has 0 spiro atoms. The van der Waals surface area contributed by atoms with E-state index < -0.39 is 0 Å². The van der Waals surface area contributed by atoms with E-state index in [2.05, 4.69) is 47.3 Å². The van der Waals surface area contributed by atoms with Crippen LogP contribution in [0.5, 0.6) is 0 Å². The van der Waals surface area contributed by atoms with Gasteiger partial charge in [0.1, 0.15) is 0 Å². The second-order valence-corrected chi connectivity index (χ2v) is 8.64. The third kappa shape index (κ3) is 8.87. The standard InChI is InChI=1S/C24H42N6O/c1-6-25-24(27-18-20(3)19-30-15-13-29(7-2)14-16-30)26-12-11-21-9-8-10-22(17-21)23(31)28(4)5/h8-10,17,20H,6-7,11-16,18-19H2,1-5H3,(H2,25,26,27). The number of nitrogens with one attached hydrogen (secondary N) is 2. The summed E-state index contributed by atoms with van der Waals surface area (Å²) in [6.45, 7) is 16.0. The summed E-state index contributed by atoms with van der Waals surface area (Å²) >= 11 is 0. The SMILES string of the molecule is CCNC(=NCC(C)CN1CCN(CC)CC1)NCCc1cccc(C(=O)N(C)C)c1. The van der Waals surface area contributed by atoms with Crippen molar-refractivity contribution in [1.82, 2.24) is 25.3 Å². The zero-order chi connectivity index (χ0) is 22.6. The molecule has 1 heterocycles. The van der Waals surface area contributed by atoms with E-state index in [1.807, 2.05) is 18.2 Å². The lowest BCUT2D eigenvalue weighted by Gasteiger charge is -2.35. The van der Waals surface area contributed by atoms with Crippen LogP contribution in [0.15, 0.2) is 29.3 Å². The number of likely N-dealkylation sites (N-methyl/N-ethyl adjacent to an activating group) is 1. The first-order valence-electron chi connectivity index (χ1n) is 11.7. The Labute approximate surface area is 188 Å². The number of hydrogen-bond acceptors (Lipinski definition) is 4. The average Bonchev–Trinajstić information content (AvgIpc) is 2.77. The van der Waals surface area contributed by atoms with Crippen LogP contribution in [0, 0.1) is 5.92 Å². The van der Waals surface area contributed by atoms with Gasteiger partial charge in [0.2, 0.25) is 0 Å². The van der Waals surface area contributed by atoms with Crippen molar-refractivity contribution in [3.8, 4) is 0 Å². The summed E-state index contributed by atoms with van der Waals surface area (Å²) in [7, 11) is 3.56. The van der Waals surface area contributed by atoms with Gasteiger partial charge >= 0.3 is 0 Å². The van der Waals surface area contributed by atoms with Crippen LogP contribution >= 0.6 is 0 Å². The second kappa shape index (κ2) is 13.3. The molecule has 1 aromatic rings. The number of carbonyl (C=O) groups is 1. The van der Waals surface area contributed by atoms with E-state index >= 15 is 0 Å². The maximum absolute atomic E-state index is 12.2. The van der Waals surface area contributed by atoms with Crippen molar-refractivity contribution in [2.75, 3.05) is 73.0 Å². The van der Waals surface area contributed by atoms with E-state index in [-0.39, 0.29) is 5.91 Å². The number of rotatable bonds is 10. The molecule has 1 atom stereocenters. The van der Waals surface area contributed by atoms with E-state index in [0.29, 0.717) is 5.92 Å². The van der Waals surface area contributed by atoms with E-state index in [4.69, 9.17) is 4.99 Å². The Bertz CT molecular complexity index is 697. The van der Waals surface area contributed by atoms with Gasteiger partial charge in [0.05, 0.1) is 0 Å². The molecule has 0 saturated carbocycles. The van der Waals surface area contributed by atoms with Gasteiger partial charge in [-0.25, -0.2) is 0 Å². The zero-order valence-electron chi connectivity index (χ0n) is 20.2. The predicted molar refractivity (Wildman–Crippen MR) is 130 cm³/mol. The molecule has 2 rings (SSSR count). The van der Waals surface area contributed by atoms with Crippen LogP contribution in [0.2, 0.25) is 0 Å². The predicted octanol–water partition coefficient (Wildman–Crippen LogP) is 1.76. The summed E-state index contributed by atoms with van der Waals surface area (Å²) in [6, 6.07) is 7.87. The first-order valence-corrected chi connectivity index (χ1v) is 11.7. The first kappa shape index (κ1) is 25.1. The molecule has 1 amide bonds. The molecular weight excluding hydrogens is 388 g/mol. The van der Waals surface area contributed by atoms with Gasteiger partial charge < -0.3 is 25.3 Å². The average molecular weight is 431 g/mol. The van der Waals surface area contributed by atoms with Crippen molar-refractivity contribution < 1.29 is 4.79 Å². The molecule has 0 aromatic heterocycles. The summed E-state index contributed by atoms with van der Waals surface area (Å²) < 4.78 is 0. The van der Waals surface area contributed by atoms with Gasteiger partial charge in [0.15, 0.2) is 5.96 Å². The Balaban J connectivity index is 1.79. The molecule has 0 bridgehead atoms. The smallest absolute Gasteiger partial charge is 0.253 e. The highest BCUT2D eigenvalue weighted by molar-refractivity contribution is 5.94. The third-order valence-electron chi connectivity index (χ3n) is 5.67. The molecular formula is C24H42N6O. The van der Waals surface area contributed by atoms with Gasteiger partial charge in [0.25, 0.3) is 5.91 Å². The molecule has 1 unspecified atom stereocenters. The Kier molecular flexibility index (Phi) is 10.8. The highest BCUT2D eigenvalue weighted by atomic mass is 16.2. The number of nitrogens with zero attached hydrogens (tertiary/aromatic N) is 4. The highest BCUT2D eigenvalue weighted by Crippen LogP contribution is 2.08. The molecule has 0 radical (unpaired) electrons. The second-order valence-electron chi connectivity index (χ2n) is 8.64. The topological polar surface area (TPSA) is 63.2 Å². The molecule has 2 N–H and O–H groups in total. The normalized spacial score (nSPS) is 16.7. The van der Waals surface area contributed by atoms with Gasteiger partial charge in [-0.2, -0.15) is 0 Å². The van der Waals surface area contributed by atoms with Crippen molar-refractivity contribution in [3.63, 3.8) is 0 Å². The Morgan fingerprint density at radius 2 is 1.84 bits per heavy atom. The fourth-order valence-electron chi connectivity index (χ4n) is 3.82. The lowest BCUT2D eigenvalue weighted by molar-refractivity contribution is 0.0827. The van der Waals surface area contributed by atoms with Crippen molar-refractivity contribution >= 4 is 11.9 Å². The van der Waals surface area contributed by atoms with Crippen LogP contribution in [-0.2, 0) is 6.42 Å². The van der Waals surface area contributed by atoms with E-state index in [0.717, 1.165) is 69.3 Å². The monoisotopic (exact) mass is 430 g/mol. The number of hydrogen-bond donors (Lipinski definition) is 2. The number of guanidine groups is 1. The summed E-state index contributed by atoms with van der Waals surface area (Å²) in [5.41, 5.74) is 1.88. The molecule has 174 valence electrons. The van der Waals surface area contributed by atoms with Crippen LogP contribution in [-0.4, -0.2) is 99.6 Å². The summed E-state index contributed by atoms with van der Waals surface area (Å²) in [4.78, 5) is 23.7. The Morgan fingerprint density at radius 3 is 2.48 bits per heavy atom. The van der Waals surface area contributed by atoms with Crippen LogP contribution < -0.4 is 10.6 Å². The van der Waals surface area contributed by atoms with Gasteiger partial charge in [0, 0.05) is 72.0 Å². The number of benzene rings is 1. The first-order chi connectivity index (χ1) is 14.9. The van der Waals surface area contributed by atoms with Gasteiger partial charge in [-0.1, -0.05) is 26.0 Å². The summed E-state index contributed by atoms with van der Waals surface area (Å²) in [5.74, 6) is 1.43.